The van der Waals surface area contributed by atoms with Crippen molar-refractivity contribution in [2.75, 3.05) is 0 Å². The van der Waals surface area contributed by atoms with E-state index in [1.807, 2.05) is 19.1 Å². The van der Waals surface area contributed by atoms with E-state index < -0.39 is 0 Å². The van der Waals surface area contributed by atoms with Crippen LogP contribution in [-0.4, -0.2) is 9.97 Å². The Balaban J connectivity index is 2.94. The molecule has 3 heteroatoms. The molecule has 0 bridgehead atoms. The van der Waals surface area contributed by atoms with Gasteiger partial charge < -0.3 is 0 Å². The first kappa shape index (κ1) is 7.91. The van der Waals surface area contributed by atoms with Crippen molar-refractivity contribution in [1.29, 1.82) is 0 Å². The minimum atomic E-state index is 1.04. The second-order valence-corrected chi connectivity index (χ2v) is 3.76. The Labute approximate surface area is 84.2 Å². The predicted octanol–water partition coefficient (Wildman–Crippen LogP) is 2.54. The molecule has 0 radical (unpaired) electrons. The Morgan fingerprint density at radius 1 is 1.25 bits per heavy atom. The van der Waals surface area contributed by atoms with E-state index in [1.165, 1.54) is 3.57 Å². The summed E-state index contributed by atoms with van der Waals surface area (Å²) in [6.07, 6.45) is 1.61. The van der Waals surface area contributed by atoms with Crippen LogP contribution in [0.15, 0.2) is 24.5 Å². The molecule has 0 aliphatic heterocycles. The summed E-state index contributed by atoms with van der Waals surface area (Å²) in [4.78, 5) is 8.36. The van der Waals surface area contributed by atoms with Gasteiger partial charge in [-0.15, -0.1) is 0 Å². The average Bonchev–Trinajstić information content (AvgIpc) is 2.07. The van der Waals surface area contributed by atoms with Gasteiger partial charge in [0.05, 0.1) is 5.52 Å². The number of hydrogen-bond donors (Lipinski definition) is 0. The zero-order chi connectivity index (χ0) is 8.55. The number of halogens is 1. The van der Waals surface area contributed by atoms with Crippen LogP contribution in [-0.2, 0) is 0 Å². The Morgan fingerprint density at radius 2 is 2.08 bits per heavy atom. The van der Waals surface area contributed by atoms with Crippen molar-refractivity contribution >= 4 is 33.5 Å². The van der Waals surface area contributed by atoms with Crippen LogP contribution in [0.2, 0.25) is 0 Å². The minimum absolute atomic E-state index is 1.04. The molecule has 2 rings (SSSR count). The van der Waals surface area contributed by atoms with E-state index in [0.29, 0.717) is 0 Å². The molecule has 2 nitrogen and oxygen atoms in total. The van der Waals surface area contributed by atoms with Crippen LogP contribution in [0, 0.1) is 10.5 Å². The lowest BCUT2D eigenvalue weighted by molar-refractivity contribution is 1.15. The molecule has 0 spiro atoms. The summed E-state index contributed by atoms with van der Waals surface area (Å²) in [6, 6.07) is 6.13. The normalized spacial score (nSPS) is 10.5. The highest BCUT2D eigenvalue weighted by atomic mass is 127. The Kier molecular flexibility index (Phi) is 1.96. The Morgan fingerprint density at radius 3 is 2.83 bits per heavy atom. The molecule has 0 amide bonds. The molecule has 1 aromatic carbocycles. The van der Waals surface area contributed by atoms with Crippen molar-refractivity contribution in [1.82, 2.24) is 9.97 Å². The van der Waals surface area contributed by atoms with Gasteiger partial charge in [-0.2, -0.15) is 0 Å². The highest BCUT2D eigenvalue weighted by Gasteiger charge is 2.00. The lowest BCUT2D eigenvalue weighted by Gasteiger charge is -2.00. The third kappa shape index (κ3) is 1.18. The molecular weight excluding hydrogens is 263 g/mol. The van der Waals surface area contributed by atoms with Gasteiger partial charge in [0.1, 0.15) is 6.33 Å². The number of aromatic nitrogens is 2. The van der Waals surface area contributed by atoms with Crippen molar-refractivity contribution in [3.8, 4) is 0 Å². The maximum Gasteiger partial charge on any atom is 0.116 e. The number of nitrogens with zero attached hydrogens (tertiary/aromatic N) is 2. The van der Waals surface area contributed by atoms with Crippen molar-refractivity contribution in [3.63, 3.8) is 0 Å². The van der Waals surface area contributed by atoms with Crippen molar-refractivity contribution in [2.45, 2.75) is 6.92 Å². The maximum atomic E-state index is 4.22. The summed E-state index contributed by atoms with van der Waals surface area (Å²) in [5, 5.41) is 1.14. The third-order valence-corrected chi connectivity index (χ3v) is 2.69. The molecule has 0 saturated carbocycles. The SMILES string of the molecule is Cc1ncnc2c(I)cccc12. The summed E-state index contributed by atoms with van der Waals surface area (Å²) >= 11 is 2.28. The van der Waals surface area contributed by atoms with E-state index in [0.717, 1.165) is 16.6 Å². The molecule has 0 N–H and O–H groups in total. The molecule has 1 aromatic heterocycles. The summed E-state index contributed by atoms with van der Waals surface area (Å²) in [6.45, 7) is 2.00. The number of aryl methyl sites for hydroxylation is 1. The van der Waals surface area contributed by atoms with Crippen molar-refractivity contribution in [3.05, 3.63) is 33.8 Å². The lowest BCUT2D eigenvalue weighted by atomic mass is 10.2. The minimum Gasteiger partial charge on any atom is -0.241 e. The number of para-hydroxylation sites is 1. The molecule has 2 aromatic rings. The van der Waals surface area contributed by atoms with Crippen molar-refractivity contribution in [2.24, 2.45) is 0 Å². The van der Waals surface area contributed by atoms with Crippen LogP contribution in [0.1, 0.15) is 5.69 Å². The Hall–Kier alpha value is -0.710. The maximum absolute atomic E-state index is 4.22. The van der Waals surface area contributed by atoms with Crippen LogP contribution < -0.4 is 0 Å². The first-order chi connectivity index (χ1) is 5.79. The van der Waals surface area contributed by atoms with Gasteiger partial charge in [0.15, 0.2) is 0 Å². The fourth-order valence-electron chi connectivity index (χ4n) is 1.18. The largest absolute Gasteiger partial charge is 0.241 e. The van der Waals surface area contributed by atoms with Gasteiger partial charge in [-0.05, 0) is 35.6 Å². The molecule has 12 heavy (non-hydrogen) atoms. The predicted molar refractivity (Wildman–Crippen MR) is 57.0 cm³/mol. The monoisotopic (exact) mass is 270 g/mol. The molecule has 0 aliphatic carbocycles. The summed E-state index contributed by atoms with van der Waals surface area (Å²) in [5.74, 6) is 0. The molecular formula is C9H7IN2. The van der Waals surface area contributed by atoms with Gasteiger partial charge in [-0.3, -0.25) is 0 Å². The number of benzene rings is 1. The molecule has 0 aliphatic rings. The molecule has 0 fully saturated rings. The van der Waals surface area contributed by atoms with E-state index in [9.17, 15) is 0 Å². The quantitative estimate of drug-likeness (QED) is 0.687. The van der Waals surface area contributed by atoms with Gasteiger partial charge in [0, 0.05) is 14.7 Å². The van der Waals surface area contributed by atoms with E-state index in [1.54, 1.807) is 6.33 Å². The zero-order valence-corrected chi connectivity index (χ0v) is 8.74. The standard InChI is InChI=1S/C9H7IN2/c1-6-7-3-2-4-8(10)9(7)12-5-11-6/h2-5H,1H3. The van der Waals surface area contributed by atoms with Gasteiger partial charge in [-0.25, -0.2) is 9.97 Å². The first-order valence-corrected chi connectivity index (χ1v) is 4.73. The van der Waals surface area contributed by atoms with E-state index >= 15 is 0 Å². The van der Waals surface area contributed by atoms with E-state index in [-0.39, 0.29) is 0 Å². The number of fused-ring (bicyclic) bond motifs is 1. The molecule has 0 atom stereocenters. The molecule has 60 valence electrons. The fraction of sp³-hybridized carbons (Fsp3) is 0.111. The summed E-state index contributed by atoms with van der Waals surface area (Å²) in [5.41, 5.74) is 2.09. The second kappa shape index (κ2) is 2.97. The second-order valence-electron chi connectivity index (χ2n) is 2.60. The highest BCUT2D eigenvalue weighted by Crippen LogP contribution is 2.18. The lowest BCUT2D eigenvalue weighted by Crippen LogP contribution is -1.88. The van der Waals surface area contributed by atoms with Crippen molar-refractivity contribution < 1.29 is 0 Å². The van der Waals surface area contributed by atoms with Gasteiger partial charge >= 0.3 is 0 Å². The highest BCUT2D eigenvalue weighted by molar-refractivity contribution is 14.1. The smallest absolute Gasteiger partial charge is 0.116 e. The first-order valence-electron chi connectivity index (χ1n) is 3.65. The van der Waals surface area contributed by atoms with Gasteiger partial charge in [0.25, 0.3) is 0 Å². The van der Waals surface area contributed by atoms with Gasteiger partial charge in [-0.1, -0.05) is 12.1 Å². The van der Waals surface area contributed by atoms with Crippen LogP contribution in [0.4, 0.5) is 0 Å². The van der Waals surface area contributed by atoms with Crippen LogP contribution >= 0.6 is 22.6 Å². The van der Waals surface area contributed by atoms with Crippen LogP contribution in [0.25, 0.3) is 10.9 Å². The van der Waals surface area contributed by atoms with Crippen LogP contribution in [0.5, 0.6) is 0 Å². The summed E-state index contributed by atoms with van der Waals surface area (Å²) < 4.78 is 1.18. The Bertz CT molecular complexity index is 385. The topological polar surface area (TPSA) is 25.8 Å². The number of hydrogen-bond acceptors (Lipinski definition) is 2. The third-order valence-electron chi connectivity index (χ3n) is 1.81. The summed E-state index contributed by atoms with van der Waals surface area (Å²) in [7, 11) is 0. The molecule has 0 unspecified atom stereocenters. The number of rotatable bonds is 0. The van der Waals surface area contributed by atoms with E-state index in [4.69, 9.17) is 0 Å². The molecule has 1 heterocycles. The van der Waals surface area contributed by atoms with Gasteiger partial charge in [0.2, 0.25) is 0 Å². The fourth-order valence-corrected chi connectivity index (χ4v) is 1.82. The zero-order valence-electron chi connectivity index (χ0n) is 6.58. The van der Waals surface area contributed by atoms with E-state index in [2.05, 4.69) is 38.6 Å². The van der Waals surface area contributed by atoms with Crippen LogP contribution in [0.3, 0.4) is 0 Å². The molecule has 0 saturated heterocycles. The average molecular weight is 270 g/mol.